The van der Waals surface area contributed by atoms with Gasteiger partial charge >= 0.3 is 0 Å². The fraction of sp³-hybridized carbons (Fsp3) is 0.500. The summed E-state index contributed by atoms with van der Waals surface area (Å²) in [4.78, 5) is 22.9. The summed E-state index contributed by atoms with van der Waals surface area (Å²) in [5.41, 5.74) is 0.429. The minimum Gasteiger partial charge on any atom is -0.392 e. The Morgan fingerprint density at radius 3 is 2.73 bits per heavy atom. The minimum absolute atomic E-state index is 0.00445. The summed E-state index contributed by atoms with van der Waals surface area (Å²) >= 11 is 0. The lowest BCUT2D eigenvalue weighted by molar-refractivity contribution is -0.136. The Kier molecular flexibility index (Phi) is 3.97. The van der Waals surface area contributed by atoms with Crippen molar-refractivity contribution in [3.8, 4) is 0 Å². The number of hydrogen-bond donors (Lipinski definition) is 1. The first-order valence-corrected chi connectivity index (χ1v) is 5.11. The van der Waals surface area contributed by atoms with Crippen LogP contribution in [0.1, 0.15) is 26.7 Å². The molecule has 15 heavy (non-hydrogen) atoms. The molecule has 82 valence electrons. The smallest absolute Gasteiger partial charge is 0.224 e. The molecule has 0 radical (unpaired) electrons. The number of aliphatic hydroxyl groups is 1. The lowest BCUT2D eigenvalue weighted by Gasteiger charge is -2.16. The molecule has 3 nitrogen and oxygen atoms in total. The van der Waals surface area contributed by atoms with Gasteiger partial charge in [-0.3, -0.25) is 9.59 Å². The van der Waals surface area contributed by atoms with Crippen LogP contribution >= 0.6 is 0 Å². The van der Waals surface area contributed by atoms with Crippen LogP contribution in [0, 0.1) is 5.92 Å². The van der Waals surface area contributed by atoms with E-state index in [2.05, 4.69) is 0 Å². The highest BCUT2D eigenvalue weighted by Crippen LogP contribution is 2.15. The Morgan fingerprint density at radius 2 is 2.07 bits per heavy atom. The molecule has 1 N–H and O–H groups in total. The molecule has 0 saturated carbocycles. The molecule has 1 aliphatic rings. The molecule has 0 aromatic heterocycles. The molecule has 0 spiro atoms. The van der Waals surface area contributed by atoms with Gasteiger partial charge in [0.05, 0.1) is 6.10 Å². The van der Waals surface area contributed by atoms with Crippen LogP contribution in [0.25, 0.3) is 0 Å². The van der Waals surface area contributed by atoms with E-state index in [1.54, 1.807) is 19.1 Å². The van der Waals surface area contributed by atoms with Crippen molar-refractivity contribution in [2.75, 3.05) is 0 Å². The van der Waals surface area contributed by atoms with Crippen LogP contribution in [0.5, 0.6) is 0 Å². The first-order chi connectivity index (χ1) is 7.02. The maximum atomic E-state index is 11.5. The van der Waals surface area contributed by atoms with Gasteiger partial charge in [-0.2, -0.15) is 0 Å². The van der Waals surface area contributed by atoms with Gasteiger partial charge in [0.1, 0.15) is 0 Å². The second kappa shape index (κ2) is 5.03. The SMILES string of the molecule is CC1=CC=CCC(C)C(O)CC(=O)C1=O. The van der Waals surface area contributed by atoms with Crippen LogP contribution in [0.3, 0.4) is 0 Å². The number of carbonyl (C=O) groups excluding carboxylic acids is 2. The maximum absolute atomic E-state index is 11.5. The topological polar surface area (TPSA) is 54.4 Å². The number of carbonyl (C=O) groups is 2. The monoisotopic (exact) mass is 208 g/mol. The normalized spacial score (nSPS) is 28.9. The zero-order valence-corrected chi connectivity index (χ0v) is 9.06. The van der Waals surface area contributed by atoms with Gasteiger partial charge in [-0.05, 0) is 19.3 Å². The first kappa shape index (κ1) is 11.9. The third-order valence-electron chi connectivity index (χ3n) is 2.65. The molecule has 0 amide bonds. The molecule has 3 heteroatoms. The second-order valence-electron chi connectivity index (χ2n) is 4.01. The van der Waals surface area contributed by atoms with E-state index in [0.717, 1.165) is 0 Å². The summed E-state index contributed by atoms with van der Waals surface area (Å²) in [6, 6.07) is 0. The quantitative estimate of drug-likeness (QED) is 0.612. The van der Waals surface area contributed by atoms with E-state index in [9.17, 15) is 14.7 Å². The highest BCUT2D eigenvalue weighted by molar-refractivity contribution is 6.43. The van der Waals surface area contributed by atoms with Gasteiger partial charge < -0.3 is 5.11 Å². The summed E-state index contributed by atoms with van der Waals surface area (Å²) in [5, 5.41) is 9.65. The average Bonchev–Trinajstić information content (AvgIpc) is 2.21. The van der Waals surface area contributed by atoms with E-state index in [0.29, 0.717) is 12.0 Å². The first-order valence-electron chi connectivity index (χ1n) is 5.11. The van der Waals surface area contributed by atoms with Crippen LogP contribution in [0.15, 0.2) is 23.8 Å². The largest absolute Gasteiger partial charge is 0.392 e. The third kappa shape index (κ3) is 3.13. The van der Waals surface area contributed by atoms with Gasteiger partial charge in [-0.15, -0.1) is 0 Å². The van der Waals surface area contributed by atoms with Gasteiger partial charge in [0.2, 0.25) is 11.6 Å². The number of allylic oxidation sites excluding steroid dienone is 4. The Bertz CT molecular complexity index is 326. The van der Waals surface area contributed by atoms with E-state index in [1.807, 2.05) is 13.0 Å². The molecule has 0 aromatic rings. The summed E-state index contributed by atoms with van der Waals surface area (Å²) in [7, 11) is 0. The van der Waals surface area contributed by atoms with Crippen molar-refractivity contribution in [2.24, 2.45) is 5.92 Å². The highest BCUT2D eigenvalue weighted by Gasteiger charge is 2.23. The number of ketones is 2. The van der Waals surface area contributed by atoms with Crippen molar-refractivity contribution in [1.82, 2.24) is 0 Å². The fourth-order valence-electron chi connectivity index (χ4n) is 1.44. The van der Waals surface area contributed by atoms with Crippen molar-refractivity contribution in [2.45, 2.75) is 32.8 Å². The fourth-order valence-corrected chi connectivity index (χ4v) is 1.44. The van der Waals surface area contributed by atoms with E-state index in [4.69, 9.17) is 0 Å². The zero-order valence-electron chi connectivity index (χ0n) is 9.06. The van der Waals surface area contributed by atoms with Gasteiger partial charge in [-0.25, -0.2) is 0 Å². The van der Waals surface area contributed by atoms with Crippen molar-refractivity contribution in [1.29, 1.82) is 0 Å². The van der Waals surface area contributed by atoms with Crippen LogP contribution in [-0.4, -0.2) is 22.8 Å². The molecule has 2 atom stereocenters. The summed E-state index contributed by atoms with van der Waals surface area (Å²) in [5.74, 6) is -0.990. The molecule has 0 fully saturated rings. The molecule has 2 unspecified atom stereocenters. The number of Topliss-reactive ketones (excluding diaryl/α,β-unsaturated/α-hetero) is 2. The zero-order chi connectivity index (χ0) is 11.4. The van der Waals surface area contributed by atoms with Crippen LogP contribution in [-0.2, 0) is 9.59 Å². The van der Waals surface area contributed by atoms with Crippen molar-refractivity contribution >= 4 is 11.6 Å². The average molecular weight is 208 g/mol. The lowest BCUT2D eigenvalue weighted by Crippen LogP contribution is -2.26. The summed E-state index contributed by atoms with van der Waals surface area (Å²) < 4.78 is 0. The molecule has 1 aliphatic carbocycles. The number of hydrogen-bond acceptors (Lipinski definition) is 3. The predicted molar refractivity (Wildman–Crippen MR) is 57.3 cm³/mol. The Hall–Kier alpha value is -1.22. The second-order valence-corrected chi connectivity index (χ2v) is 4.01. The van der Waals surface area contributed by atoms with E-state index >= 15 is 0 Å². The van der Waals surface area contributed by atoms with E-state index in [-0.39, 0.29) is 12.3 Å². The molecular formula is C12H16O3. The van der Waals surface area contributed by atoms with Gasteiger partial charge in [-0.1, -0.05) is 25.2 Å². The summed E-state index contributed by atoms with van der Waals surface area (Å²) in [6.45, 7) is 3.48. The Morgan fingerprint density at radius 1 is 1.40 bits per heavy atom. The highest BCUT2D eigenvalue weighted by atomic mass is 16.3. The van der Waals surface area contributed by atoms with Gasteiger partial charge in [0, 0.05) is 12.0 Å². The van der Waals surface area contributed by atoms with Crippen LogP contribution < -0.4 is 0 Å². The molecule has 0 aromatic carbocycles. The lowest BCUT2D eigenvalue weighted by atomic mass is 9.93. The van der Waals surface area contributed by atoms with Gasteiger partial charge in [0.15, 0.2) is 0 Å². The van der Waals surface area contributed by atoms with E-state index in [1.165, 1.54) is 0 Å². The standard InChI is InChI=1S/C12H16O3/c1-8-5-3-4-6-9(2)12(15)11(14)7-10(8)13/h3-4,6,8,10,13H,5,7H2,1-2H3. The molecular weight excluding hydrogens is 192 g/mol. The van der Waals surface area contributed by atoms with Crippen LogP contribution in [0.4, 0.5) is 0 Å². The molecule has 1 rings (SSSR count). The predicted octanol–water partition coefficient (Wildman–Crippen LogP) is 1.42. The molecule has 0 heterocycles. The molecule has 0 saturated heterocycles. The Balaban J connectivity index is 2.91. The van der Waals surface area contributed by atoms with Crippen LogP contribution in [0.2, 0.25) is 0 Å². The van der Waals surface area contributed by atoms with Crippen molar-refractivity contribution < 1.29 is 14.7 Å². The van der Waals surface area contributed by atoms with Crippen molar-refractivity contribution in [3.05, 3.63) is 23.8 Å². The molecule has 0 aliphatic heterocycles. The number of aliphatic hydroxyl groups excluding tert-OH is 1. The van der Waals surface area contributed by atoms with Gasteiger partial charge in [0.25, 0.3) is 0 Å². The van der Waals surface area contributed by atoms with E-state index < -0.39 is 17.7 Å². The van der Waals surface area contributed by atoms with Crippen molar-refractivity contribution in [3.63, 3.8) is 0 Å². The Labute approximate surface area is 89.5 Å². The maximum Gasteiger partial charge on any atom is 0.224 e. The number of rotatable bonds is 0. The third-order valence-corrected chi connectivity index (χ3v) is 2.65. The molecule has 0 bridgehead atoms. The minimum atomic E-state index is -0.725. The summed E-state index contributed by atoms with van der Waals surface area (Å²) in [6.07, 6.45) is 5.23.